The zero-order valence-electron chi connectivity index (χ0n) is 36.2. The lowest BCUT2D eigenvalue weighted by atomic mass is 9.76. The van der Waals surface area contributed by atoms with Crippen LogP contribution in [-0.2, 0) is 59.9 Å². The second-order valence-corrected chi connectivity index (χ2v) is 20.1. The number of carbonyl (C=O) groups is 5. The molecule has 17 nitrogen and oxygen atoms in total. The Bertz CT molecular complexity index is 2610. The number of hydroxylamine groups is 2. The highest BCUT2D eigenvalue weighted by molar-refractivity contribution is 7.86. The molecule has 0 bridgehead atoms. The summed E-state index contributed by atoms with van der Waals surface area (Å²) in [7, 11) is -7.59. The van der Waals surface area contributed by atoms with Crippen molar-refractivity contribution in [1.82, 2.24) is 15.7 Å². The Kier molecular flexibility index (Phi) is 13.4. The van der Waals surface area contributed by atoms with Gasteiger partial charge in [0.1, 0.15) is 18.8 Å². The maximum absolute atomic E-state index is 14.5. The number of para-hydroxylation sites is 1. The van der Waals surface area contributed by atoms with Crippen molar-refractivity contribution in [3.05, 3.63) is 88.3 Å². The Morgan fingerprint density at radius 3 is 2.24 bits per heavy atom. The van der Waals surface area contributed by atoms with Gasteiger partial charge in [-0.25, -0.2) is 4.79 Å². The summed E-state index contributed by atoms with van der Waals surface area (Å²) in [6.07, 6.45) is 6.32. The number of nitrogens with one attached hydrogen (secondary N) is 2. The first-order valence-corrected chi connectivity index (χ1v) is 23.9. The Labute approximate surface area is 367 Å². The molecule has 19 heteroatoms. The van der Waals surface area contributed by atoms with Crippen LogP contribution in [0.1, 0.15) is 97.1 Å². The van der Waals surface area contributed by atoms with Crippen LogP contribution in [0.15, 0.2) is 82.1 Å². The van der Waals surface area contributed by atoms with E-state index in [4.69, 9.17) is 4.84 Å². The topological polar surface area (TPSA) is 237 Å². The van der Waals surface area contributed by atoms with E-state index >= 15 is 0 Å². The fourth-order valence-corrected chi connectivity index (χ4v) is 9.72. The second kappa shape index (κ2) is 17.9. The molecule has 1 fully saturated rings. The van der Waals surface area contributed by atoms with Gasteiger partial charge in [-0.1, -0.05) is 51.8 Å². The van der Waals surface area contributed by atoms with Crippen molar-refractivity contribution >= 4 is 66.8 Å². The molecule has 2 aromatic rings. The van der Waals surface area contributed by atoms with Crippen LogP contribution >= 0.6 is 0 Å². The number of benzene rings is 2. The van der Waals surface area contributed by atoms with E-state index in [9.17, 15) is 49.9 Å². The number of amides is 3. The second-order valence-electron chi connectivity index (χ2n) is 17.2. The number of unbranched alkanes of at least 4 members (excludes halogenated alkanes) is 3. The summed E-state index contributed by atoms with van der Waals surface area (Å²) in [6, 6.07) is 10.6. The van der Waals surface area contributed by atoms with Crippen LogP contribution in [0.4, 0.5) is 11.4 Å². The predicted molar refractivity (Wildman–Crippen MR) is 232 cm³/mol. The number of fused-ring (bicyclic) bond motifs is 2. The summed E-state index contributed by atoms with van der Waals surface area (Å²) in [4.78, 5) is 70.9. The molecule has 338 valence electrons. The molecule has 1 saturated heterocycles. The van der Waals surface area contributed by atoms with E-state index in [1.165, 1.54) is 12.1 Å². The summed E-state index contributed by atoms with van der Waals surface area (Å²) < 4.78 is 70.7. The smallest absolute Gasteiger partial charge is 0.333 e. The first kappa shape index (κ1) is 47.0. The van der Waals surface area contributed by atoms with Gasteiger partial charge in [0.2, 0.25) is 11.6 Å². The molecule has 0 aromatic heterocycles. The molecule has 3 heterocycles. The summed E-state index contributed by atoms with van der Waals surface area (Å²) in [5.74, 6) is -4.34. The number of ketones is 1. The molecule has 0 radical (unpaired) electrons. The lowest BCUT2D eigenvalue weighted by Gasteiger charge is -2.32. The summed E-state index contributed by atoms with van der Waals surface area (Å²) >= 11 is 0. The van der Waals surface area contributed by atoms with Gasteiger partial charge < -0.3 is 20.4 Å². The number of rotatable bonds is 18. The zero-order chi connectivity index (χ0) is 46.2. The van der Waals surface area contributed by atoms with Gasteiger partial charge in [0.25, 0.3) is 32.1 Å². The SMILES string of the molecule is CCCCCN1/C(=C/C2=C(NC(CS(=O)(=O)O)C(=O)NCCCCC(=O)ON3C(=O)CCC3=O)C(=C/C3=[N+](C)c4ccc(S(=O)(=O)O)cc4C3(C)C)/C2=O)C(C)(C)c2ccccc21. The molecule has 3 amide bonds. The third-order valence-corrected chi connectivity index (χ3v) is 13.6. The maximum Gasteiger partial charge on any atom is 0.333 e. The van der Waals surface area contributed by atoms with Gasteiger partial charge in [0, 0.05) is 72.4 Å². The van der Waals surface area contributed by atoms with Crippen LogP contribution < -0.4 is 15.5 Å². The Hall–Kier alpha value is -5.50. The zero-order valence-corrected chi connectivity index (χ0v) is 37.8. The number of hydrogen-bond acceptors (Lipinski definition) is 12. The van der Waals surface area contributed by atoms with Crippen LogP contribution in [0.25, 0.3) is 0 Å². The number of nitrogens with zero attached hydrogens (tertiary/aromatic N) is 3. The number of hydrogen-bond donors (Lipinski definition) is 4. The lowest BCUT2D eigenvalue weighted by molar-refractivity contribution is -0.401. The van der Waals surface area contributed by atoms with Crippen molar-refractivity contribution in [1.29, 1.82) is 0 Å². The standard InChI is InChI=1S/C44H53N5O12S2/c1-7-8-13-22-48-34-15-10-9-14-30(34)43(2,3)36(48)25-29-40(28(41(29)53)24-35-44(4,5)31-23-27(63(58,59)60)17-18-33(31)47(35)6)46-32(26-62(55,56)57)42(54)45-21-12-11-16-39(52)61-49-37(50)19-20-38(49)51/h9-10,14-15,17-18,23-25,32H,7-8,11-13,16,19-22,26H2,1-6H3,(H3-,45,46,53,54,55,56,57,58,59,60)/p+1. The van der Waals surface area contributed by atoms with Crippen LogP contribution in [0.3, 0.4) is 0 Å². The van der Waals surface area contributed by atoms with Crippen LogP contribution in [0.2, 0.25) is 0 Å². The summed E-state index contributed by atoms with van der Waals surface area (Å²) in [5, 5.41) is 6.07. The highest BCUT2D eigenvalue weighted by atomic mass is 32.2. The Balaban J connectivity index is 1.35. The van der Waals surface area contributed by atoms with E-state index in [1.54, 1.807) is 29.8 Å². The lowest BCUT2D eigenvalue weighted by Crippen LogP contribution is -2.50. The molecule has 6 rings (SSSR count). The molecule has 0 saturated carbocycles. The molecule has 2 aromatic carbocycles. The highest BCUT2D eigenvalue weighted by Crippen LogP contribution is 2.49. The van der Waals surface area contributed by atoms with E-state index in [2.05, 4.69) is 36.3 Å². The van der Waals surface area contributed by atoms with Crippen LogP contribution in [0.5, 0.6) is 0 Å². The average molecular weight is 909 g/mol. The maximum atomic E-state index is 14.5. The molecule has 1 aliphatic carbocycles. The van der Waals surface area contributed by atoms with Crippen LogP contribution in [0, 0.1) is 0 Å². The minimum absolute atomic E-state index is 0.0329. The van der Waals surface area contributed by atoms with E-state index < -0.39 is 72.3 Å². The van der Waals surface area contributed by atoms with E-state index in [0.29, 0.717) is 28.6 Å². The van der Waals surface area contributed by atoms with E-state index in [-0.39, 0.29) is 60.4 Å². The van der Waals surface area contributed by atoms with Gasteiger partial charge in [0.15, 0.2) is 11.5 Å². The van der Waals surface area contributed by atoms with E-state index in [1.807, 2.05) is 38.1 Å². The van der Waals surface area contributed by atoms with Crippen LogP contribution in [-0.4, -0.2) is 103 Å². The first-order chi connectivity index (χ1) is 29.5. The third-order valence-electron chi connectivity index (χ3n) is 12.0. The highest BCUT2D eigenvalue weighted by Gasteiger charge is 2.47. The van der Waals surface area contributed by atoms with Gasteiger partial charge in [-0.05, 0) is 62.9 Å². The molecular weight excluding hydrogens is 855 g/mol. The number of allylic oxidation sites excluding steroid dienone is 5. The molecule has 4 N–H and O–H groups in total. The van der Waals surface area contributed by atoms with Crippen molar-refractivity contribution < 1.29 is 59.3 Å². The van der Waals surface area contributed by atoms with Crippen molar-refractivity contribution in [2.45, 2.75) is 108 Å². The monoisotopic (exact) mass is 908 g/mol. The summed E-state index contributed by atoms with van der Waals surface area (Å²) in [5.41, 5.74) is 3.52. The quantitative estimate of drug-likeness (QED) is 0.0537. The molecule has 1 unspecified atom stereocenters. The fraction of sp³-hybridized carbons (Fsp3) is 0.455. The largest absolute Gasteiger partial charge is 0.372 e. The van der Waals surface area contributed by atoms with Crippen molar-refractivity contribution in [2.24, 2.45) is 0 Å². The molecule has 0 spiro atoms. The molecule has 1 atom stereocenters. The minimum Gasteiger partial charge on any atom is -0.372 e. The van der Waals surface area contributed by atoms with E-state index in [0.717, 1.165) is 36.2 Å². The van der Waals surface area contributed by atoms with Crippen molar-refractivity contribution in [3.63, 3.8) is 0 Å². The van der Waals surface area contributed by atoms with Gasteiger partial charge >= 0.3 is 5.97 Å². The molecular formula is C44H54N5O12S2+. The predicted octanol–water partition coefficient (Wildman–Crippen LogP) is 4.31. The third kappa shape index (κ3) is 9.70. The average Bonchev–Trinajstić information content (AvgIpc) is 3.71. The Morgan fingerprint density at radius 1 is 0.905 bits per heavy atom. The molecule has 3 aliphatic heterocycles. The van der Waals surface area contributed by atoms with Gasteiger partial charge in [-0.15, -0.1) is 5.06 Å². The van der Waals surface area contributed by atoms with Gasteiger partial charge in [-0.3, -0.25) is 28.3 Å². The van der Waals surface area contributed by atoms with Gasteiger partial charge in [0.05, 0.1) is 21.6 Å². The normalized spacial score (nSPS) is 19.8. The number of Topliss-reactive ketones (excluding diaryl/α,β-unsaturated/α-hetero) is 1. The Morgan fingerprint density at radius 2 is 1.59 bits per heavy atom. The molecule has 63 heavy (non-hydrogen) atoms. The number of carbonyl (C=O) groups excluding carboxylic acids is 5. The summed E-state index contributed by atoms with van der Waals surface area (Å²) in [6.45, 7) is 10.5. The minimum atomic E-state index is -4.79. The molecule has 4 aliphatic rings. The van der Waals surface area contributed by atoms with Gasteiger partial charge in [-0.2, -0.15) is 21.4 Å². The first-order valence-electron chi connectivity index (χ1n) is 20.9. The van der Waals surface area contributed by atoms with Crippen molar-refractivity contribution in [3.8, 4) is 0 Å². The fourth-order valence-electron chi connectivity index (χ4n) is 8.56. The number of anilines is 1. The number of imide groups is 1. The van der Waals surface area contributed by atoms with Crippen molar-refractivity contribution in [2.75, 3.05) is 30.8 Å².